The molecule has 0 unspecified atom stereocenters. The van der Waals surface area contributed by atoms with Gasteiger partial charge in [-0.15, -0.1) is 0 Å². The Labute approximate surface area is 100 Å². The Hall–Kier alpha value is -2.00. The quantitative estimate of drug-likeness (QED) is 0.850. The van der Waals surface area contributed by atoms with Crippen LogP contribution in [-0.4, -0.2) is 12.2 Å². The monoisotopic (exact) mass is 229 g/mol. The molecule has 0 spiro atoms. The van der Waals surface area contributed by atoms with Crippen LogP contribution in [0.3, 0.4) is 0 Å². The largest absolute Gasteiger partial charge is 0.507 e. The van der Waals surface area contributed by atoms with Gasteiger partial charge in [0.25, 0.3) is 0 Å². The standard InChI is InChI=1S/C14H15NO2/c1-17-14-7-6-10(8-11(14)9-15)12-4-2-3-5-13(12)16/h2-8,16H,9,15H2,1H3. The highest BCUT2D eigenvalue weighted by molar-refractivity contribution is 5.71. The first-order valence-electron chi connectivity index (χ1n) is 5.41. The van der Waals surface area contributed by atoms with Crippen molar-refractivity contribution in [1.82, 2.24) is 0 Å². The Kier molecular flexibility index (Phi) is 3.30. The normalized spacial score (nSPS) is 10.2. The summed E-state index contributed by atoms with van der Waals surface area (Å²) in [5.74, 6) is 1.03. The number of phenolic OH excluding ortho intramolecular Hbond substituents is 1. The summed E-state index contributed by atoms with van der Waals surface area (Å²) >= 11 is 0. The number of methoxy groups -OCH3 is 1. The molecular weight excluding hydrogens is 214 g/mol. The van der Waals surface area contributed by atoms with Crippen LogP contribution in [0, 0.1) is 0 Å². The third-order valence-electron chi connectivity index (χ3n) is 2.72. The molecule has 2 aromatic carbocycles. The highest BCUT2D eigenvalue weighted by atomic mass is 16.5. The summed E-state index contributed by atoms with van der Waals surface area (Å²) < 4.78 is 5.21. The molecule has 0 amide bonds. The van der Waals surface area contributed by atoms with Crippen molar-refractivity contribution in [3.05, 3.63) is 48.0 Å². The number of ether oxygens (including phenoxy) is 1. The van der Waals surface area contributed by atoms with Crippen LogP contribution in [0.2, 0.25) is 0 Å². The van der Waals surface area contributed by atoms with E-state index in [0.29, 0.717) is 6.54 Å². The molecule has 3 heteroatoms. The van der Waals surface area contributed by atoms with Crippen molar-refractivity contribution < 1.29 is 9.84 Å². The van der Waals surface area contributed by atoms with Gasteiger partial charge in [0.05, 0.1) is 7.11 Å². The first kappa shape index (κ1) is 11.5. The molecule has 3 N–H and O–H groups in total. The zero-order valence-electron chi connectivity index (χ0n) is 9.68. The van der Waals surface area contributed by atoms with Crippen molar-refractivity contribution in [2.45, 2.75) is 6.54 Å². The molecule has 0 radical (unpaired) electrons. The molecule has 0 fully saturated rings. The van der Waals surface area contributed by atoms with Crippen molar-refractivity contribution >= 4 is 0 Å². The van der Waals surface area contributed by atoms with E-state index in [9.17, 15) is 5.11 Å². The predicted molar refractivity (Wildman–Crippen MR) is 68.0 cm³/mol. The number of para-hydroxylation sites is 1. The highest BCUT2D eigenvalue weighted by Gasteiger charge is 2.07. The number of phenols is 1. The van der Waals surface area contributed by atoms with Gasteiger partial charge < -0.3 is 15.6 Å². The first-order valence-corrected chi connectivity index (χ1v) is 5.41. The van der Waals surface area contributed by atoms with Gasteiger partial charge in [-0.3, -0.25) is 0 Å². The maximum atomic E-state index is 9.79. The maximum absolute atomic E-state index is 9.79. The summed E-state index contributed by atoms with van der Waals surface area (Å²) in [6.45, 7) is 0.407. The molecule has 2 aromatic rings. The summed E-state index contributed by atoms with van der Waals surface area (Å²) in [7, 11) is 1.62. The van der Waals surface area contributed by atoms with Crippen LogP contribution in [0.25, 0.3) is 11.1 Å². The van der Waals surface area contributed by atoms with E-state index in [4.69, 9.17) is 10.5 Å². The summed E-state index contributed by atoms with van der Waals surface area (Å²) in [4.78, 5) is 0. The maximum Gasteiger partial charge on any atom is 0.123 e. The van der Waals surface area contributed by atoms with Gasteiger partial charge in [0, 0.05) is 17.7 Å². The van der Waals surface area contributed by atoms with Crippen LogP contribution in [0.5, 0.6) is 11.5 Å². The van der Waals surface area contributed by atoms with Crippen LogP contribution in [0.15, 0.2) is 42.5 Å². The average molecular weight is 229 g/mol. The van der Waals surface area contributed by atoms with Gasteiger partial charge in [-0.25, -0.2) is 0 Å². The summed E-state index contributed by atoms with van der Waals surface area (Å²) in [6, 6.07) is 12.9. The van der Waals surface area contributed by atoms with Gasteiger partial charge in [0.1, 0.15) is 11.5 Å². The second-order valence-electron chi connectivity index (χ2n) is 3.75. The zero-order chi connectivity index (χ0) is 12.3. The molecule has 0 aliphatic rings. The molecule has 0 saturated carbocycles. The van der Waals surface area contributed by atoms with Gasteiger partial charge in [0.2, 0.25) is 0 Å². The van der Waals surface area contributed by atoms with E-state index in [1.54, 1.807) is 19.2 Å². The van der Waals surface area contributed by atoms with E-state index in [1.807, 2.05) is 30.3 Å². The number of hydrogen-bond acceptors (Lipinski definition) is 3. The van der Waals surface area contributed by atoms with E-state index in [0.717, 1.165) is 22.4 Å². The summed E-state index contributed by atoms with van der Waals surface area (Å²) in [5.41, 5.74) is 8.32. The second-order valence-corrected chi connectivity index (χ2v) is 3.75. The fourth-order valence-electron chi connectivity index (χ4n) is 1.82. The van der Waals surface area contributed by atoms with Gasteiger partial charge in [-0.05, 0) is 23.8 Å². The molecule has 17 heavy (non-hydrogen) atoms. The molecule has 0 aliphatic carbocycles. The van der Waals surface area contributed by atoms with Crippen molar-refractivity contribution in [3.8, 4) is 22.6 Å². The highest BCUT2D eigenvalue weighted by Crippen LogP contribution is 2.31. The van der Waals surface area contributed by atoms with Crippen molar-refractivity contribution in [3.63, 3.8) is 0 Å². The number of rotatable bonds is 3. The van der Waals surface area contributed by atoms with Crippen LogP contribution in [0.1, 0.15) is 5.56 Å². The molecule has 88 valence electrons. The van der Waals surface area contributed by atoms with Crippen molar-refractivity contribution in [2.24, 2.45) is 5.73 Å². The van der Waals surface area contributed by atoms with Crippen molar-refractivity contribution in [2.75, 3.05) is 7.11 Å². The molecule has 0 aromatic heterocycles. The summed E-state index contributed by atoms with van der Waals surface area (Å²) in [5, 5.41) is 9.79. The van der Waals surface area contributed by atoms with Crippen LogP contribution < -0.4 is 10.5 Å². The summed E-state index contributed by atoms with van der Waals surface area (Å²) in [6.07, 6.45) is 0. The Bertz CT molecular complexity index is 523. The zero-order valence-corrected chi connectivity index (χ0v) is 9.68. The Morgan fingerprint density at radius 2 is 1.94 bits per heavy atom. The Balaban J connectivity index is 2.50. The lowest BCUT2D eigenvalue weighted by Gasteiger charge is -2.10. The van der Waals surface area contributed by atoms with Crippen LogP contribution >= 0.6 is 0 Å². The van der Waals surface area contributed by atoms with Gasteiger partial charge in [0.15, 0.2) is 0 Å². The first-order chi connectivity index (χ1) is 8.26. The van der Waals surface area contributed by atoms with Gasteiger partial charge in [-0.2, -0.15) is 0 Å². The third-order valence-corrected chi connectivity index (χ3v) is 2.72. The second kappa shape index (κ2) is 4.89. The van der Waals surface area contributed by atoms with Gasteiger partial charge in [-0.1, -0.05) is 24.3 Å². The third kappa shape index (κ3) is 2.24. The van der Waals surface area contributed by atoms with E-state index in [1.165, 1.54) is 0 Å². The number of hydrogen-bond donors (Lipinski definition) is 2. The fraction of sp³-hybridized carbons (Fsp3) is 0.143. The lowest BCUT2D eigenvalue weighted by atomic mass is 10.0. The molecule has 0 heterocycles. The predicted octanol–water partition coefficient (Wildman–Crippen LogP) is 2.53. The van der Waals surface area contributed by atoms with E-state index < -0.39 is 0 Å². The molecular formula is C14H15NO2. The smallest absolute Gasteiger partial charge is 0.123 e. The minimum absolute atomic E-state index is 0.264. The Morgan fingerprint density at radius 1 is 1.18 bits per heavy atom. The number of benzene rings is 2. The average Bonchev–Trinajstić information content (AvgIpc) is 2.38. The SMILES string of the molecule is COc1ccc(-c2ccccc2O)cc1CN. The topological polar surface area (TPSA) is 55.5 Å². The van der Waals surface area contributed by atoms with E-state index >= 15 is 0 Å². The van der Waals surface area contributed by atoms with Crippen molar-refractivity contribution in [1.29, 1.82) is 0 Å². The minimum Gasteiger partial charge on any atom is -0.507 e. The van der Waals surface area contributed by atoms with Crippen LogP contribution in [0.4, 0.5) is 0 Å². The van der Waals surface area contributed by atoms with Crippen LogP contribution in [-0.2, 0) is 6.54 Å². The Morgan fingerprint density at radius 3 is 2.59 bits per heavy atom. The molecule has 0 atom stereocenters. The molecule has 0 aliphatic heterocycles. The molecule has 3 nitrogen and oxygen atoms in total. The molecule has 0 bridgehead atoms. The lowest BCUT2D eigenvalue weighted by molar-refractivity contribution is 0.410. The fourth-order valence-corrected chi connectivity index (χ4v) is 1.82. The van der Waals surface area contributed by atoms with Gasteiger partial charge >= 0.3 is 0 Å². The number of nitrogens with two attached hydrogens (primary N) is 1. The minimum atomic E-state index is 0.264. The molecule has 0 saturated heterocycles. The lowest BCUT2D eigenvalue weighted by Crippen LogP contribution is -2.00. The molecule has 2 rings (SSSR count). The number of aromatic hydroxyl groups is 1. The van der Waals surface area contributed by atoms with E-state index in [-0.39, 0.29) is 5.75 Å². The van der Waals surface area contributed by atoms with E-state index in [2.05, 4.69) is 0 Å².